The minimum Gasteiger partial charge on any atom is -0.457 e. The van der Waals surface area contributed by atoms with E-state index in [4.69, 9.17) is 4.74 Å². The van der Waals surface area contributed by atoms with Crippen molar-refractivity contribution in [3.63, 3.8) is 0 Å². The highest BCUT2D eigenvalue weighted by Crippen LogP contribution is 2.00. The van der Waals surface area contributed by atoms with Crippen LogP contribution in [0.1, 0.15) is 10.4 Å². The zero-order valence-electron chi connectivity index (χ0n) is 7.19. The second kappa shape index (κ2) is 4.96. The van der Waals surface area contributed by atoms with Gasteiger partial charge in [0.1, 0.15) is 6.61 Å². The summed E-state index contributed by atoms with van der Waals surface area (Å²) in [5, 5.41) is 0. The van der Waals surface area contributed by atoms with E-state index < -0.39 is 0 Å². The summed E-state index contributed by atoms with van der Waals surface area (Å²) in [7, 11) is 0. The number of rotatable bonds is 3. The van der Waals surface area contributed by atoms with Crippen molar-refractivity contribution in [1.82, 2.24) is 0 Å². The molecule has 0 N–H and O–H groups in total. The van der Waals surface area contributed by atoms with Gasteiger partial charge in [-0.2, -0.15) is 0 Å². The van der Waals surface area contributed by atoms with E-state index in [0.717, 1.165) is 0 Å². The molecule has 2 heteroatoms. The molecule has 1 aromatic rings. The van der Waals surface area contributed by atoms with Crippen molar-refractivity contribution >= 4 is 5.97 Å². The van der Waals surface area contributed by atoms with Gasteiger partial charge in [0, 0.05) is 0 Å². The van der Waals surface area contributed by atoms with Crippen molar-refractivity contribution in [3.8, 4) is 0 Å². The van der Waals surface area contributed by atoms with Crippen LogP contribution in [0.5, 0.6) is 0 Å². The lowest BCUT2D eigenvalue weighted by molar-refractivity contribution is 0.0549. The standard InChI is InChI=1S/C11H10O2/c1-2-3-9-13-11(12)10-7-5-4-6-8-10/h3-8H,1,9H2. The first-order chi connectivity index (χ1) is 6.34. The van der Waals surface area contributed by atoms with Gasteiger partial charge in [-0.15, -0.1) is 5.73 Å². The number of esters is 1. The third-order valence-electron chi connectivity index (χ3n) is 1.45. The fourth-order valence-electron chi connectivity index (χ4n) is 0.834. The van der Waals surface area contributed by atoms with E-state index in [1.807, 2.05) is 6.07 Å². The zero-order valence-corrected chi connectivity index (χ0v) is 7.19. The average molecular weight is 174 g/mol. The summed E-state index contributed by atoms with van der Waals surface area (Å²) < 4.78 is 4.87. The Hall–Kier alpha value is -1.79. The first-order valence-corrected chi connectivity index (χ1v) is 3.91. The number of carbonyl (C=O) groups is 1. The first kappa shape index (κ1) is 9.30. The summed E-state index contributed by atoms with van der Waals surface area (Å²) in [6.07, 6.45) is 1.56. The molecule has 0 radical (unpaired) electrons. The van der Waals surface area contributed by atoms with Gasteiger partial charge in [0.05, 0.1) is 5.56 Å². The van der Waals surface area contributed by atoms with E-state index in [2.05, 4.69) is 12.3 Å². The molecule has 0 aliphatic rings. The van der Waals surface area contributed by atoms with Crippen molar-refractivity contribution in [2.75, 3.05) is 6.61 Å². The molecule has 0 amide bonds. The van der Waals surface area contributed by atoms with Crippen LogP contribution in [0.3, 0.4) is 0 Å². The monoisotopic (exact) mass is 174 g/mol. The van der Waals surface area contributed by atoms with Gasteiger partial charge in [-0.3, -0.25) is 0 Å². The normalized spacial score (nSPS) is 8.62. The zero-order chi connectivity index (χ0) is 9.52. The maximum atomic E-state index is 11.2. The SMILES string of the molecule is C=C=CCOC(=O)c1ccccc1. The Bertz CT molecular complexity index is 321. The molecule has 1 rings (SSSR count). The topological polar surface area (TPSA) is 26.3 Å². The molecule has 0 spiro atoms. The van der Waals surface area contributed by atoms with E-state index >= 15 is 0 Å². The molecule has 0 aliphatic carbocycles. The highest BCUT2D eigenvalue weighted by molar-refractivity contribution is 5.89. The minimum absolute atomic E-state index is 0.219. The van der Waals surface area contributed by atoms with E-state index in [0.29, 0.717) is 5.56 Å². The minimum atomic E-state index is -0.327. The van der Waals surface area contributed by atoms with Crippen LogP contribution >= 0.6 is 0 Å². The molecular formula is C11H10O2. The molecule has 1 aromatic carbocycles. The molecule has 0 unspecified atom stereocenters. The van der Waals surface area contributed by atoms with Crippen molar-refractivity contribution in [2.24, 2.45) is 0 Å². The predicted octanol–water partition coefficient (Wildman–Crippen LogP) is 2.18. The smallest absolute Gasteiger partial charge is 0.338 e. The summed E-state index contributed by atoms with van der Waals surface area (Å²) in [6, 6.07) is 8.85. The number of hydrogen-bond acceptors (Lipinski definition) is 2. The Morgan fingerprint density at radius 2 is 2.15 bits per heavy atom. The van der Waals surface area contributed by atoms with Crippen molar-refractivity contribution in [1.29, 1.82) is 0 Å². The maximum Gasteiger partial charge on any atom is 0.338 e. The molecule has 0 heterocycles. The van der Waals surface area contributed by atoms with Crippen molar-refractivity contribution in [2.45, 2.75) is 0 Å². The Morgan fingerprint density at radius 1 is 1.46 bits per heavy atom. The summed E-state index contributed by atoms with van der Waals surface area (Å²) in [4.78, 5) is 11.2. The summed E-state index contributed by atoms with van der Waals surface area (Å²) in [6.45, 7) is 3.58. The van der Waals surface area contributed by atoms with Gasteiger partial charge in [-0.05, 0) is 18.2 Å². The molecule has 0 aliphatic heterocycles. The Balaban J connectivity index is 2.54. The third-order valence-corrected chi connectivity index (χ3v) is 1.45. The van der Waals surface area contributed by atoms with E-state index in [-0.39, 0.29) is 12.6 Å². The van der Waals surface area contributed by atoms with E-state index in [9.17, 15) is 4.79 Å². The summed E-state index contributed by atoms with van der Waals surface area (Å²) >= 11 is 0. The molecule has 0 bridgehead atoms. The van der Waals surface area contributed by atoms with Crippen LogP contribution in [0.2, 0.25) is 0 Å². The Kier molecular flexibility index (Phi) is 3.55. The van der Waals surface area contributed by atoms with Gasteiger partial charge in [-0.1, -0.05) is 24.8 Å². The van der Waals surface area contributed by atoms with Crippen LogP contribution in [0, 0.1) is 0 Å². The van der Waals surface area contributed by atoms with Gasteiger partial charge in [0.15, 0.2) is 0 Å². The van der Waals surface area contributed by atoms with Crippen LogP contribution in [0.4, 0.5) is 0 Å². The Labute approximate surface area is 77.2 Å². The number of carbonyl (C=O) groups excluding carboxylic acids is 1. The van der Waals surface area contributed by atoms with E-state index in [1.165, 1.54) is 0 Å². The molecule has 0 fully saturated rings. The van der Waals surface area contributed by atoms with Gasteiger partial charge < -0.3 is 4.74 Å². The average Bonchev–Trinajstić information content (AvgIpc) is 2.19. The molecule has 0 aromatic heterocycles. The number of hydrogen-bond donors (Lipinski definition) is 0. The molecule has 0 saturated heterocycles. The number of ether oxygens (including phenoxy) is 1. The fraction of sp³-hybridized carbons (Fsp3) is 0.0909. The van der Waals surface area contributed by atoms with E-state index in [1.54, 1.807) is 30.3 Å². The summed E-state index contributed by atoms with van der Waals surface area (Å²) in [5.41, 5.74) is 3.08. The van der Waals surface area contributed by atoms with Crippen molar-refractivity contribution in [3.05, 3.63) is 54.3 Å². The van der Waals surface area contributed by atoms with Gasteiger partial charge in [0.2, 0.25) is 0 Å². The van der Waals surface area contributed by atoms with Crippen LogP contribution in [0.15, 0.2) is 48.7 Å². The molecule has 0 atom stereocenters. The van der Waals surface area contributed by atoms with Gasteiger partial charge in [0.25, 0.3) is 0 Å². The Morgan fingerprint density at radius 3 is 2.77 bits per heavy atom. The van der Waals surface area contributed by atoms with Gasteiger partial charge >= 0.3 is 5.97 Å². The lowest BCUT2D eigenvalue weighted by atomic mass is 10.2. The molecule has 66 valence electrons. The molecule has 2 nitrogen and oxygen atoms in total. The van der Waals surface area contributed by atoms with Crippen LogP contribution in [-0.4, -0.2) is 12.6 Å². The first-order valence-electron chi connectivity index (χ1n) is 3.91. The van der Waals surface area contributed by atoms with Crippen molar-refractivity contribution < 1.29 is 9.53 Å². The summed E-state index contributed by atoms with van der Waals surface area (Å²) in [5.74, 6) is -0.327. The maximum absolute atomic E-state index is 11.2. The largest absolute Gasteiger partial charge is 0.457 e. The second-order valence-corrected chi connectivity index (χ2v) is 2.37. The third kappa shape index (κ3) is 2.97. The van der Waals surface area contributed by atoms with Crippen LogP contribution in [-0.2, 0) is 4.74 Å². The van der Waals surface area contributed by atoms with Crippen LogP contribution in [0.25, 0.3) is 0 Å². The molecule has 13 heavy (non-hydrogen) atoms. The highest BCUT2D eigenvalue weighted by atomic mass is 16.5. The highest BCUT2D eigenvalue weighted by Gasteiger charge is 2.03. The lowest BCUT2D eigenvalue weighted by Gasteiger charge is -1.99. The lowest BCUT2D eigenvalue weighted by Crippen LogP contribution is -2.04. The van der Waals surface area contributed by atoms with Crippen LogP contribution < -0.4 is 0 Å². The fourth-order valence-corrected chi connectivity index (χ4v) is 0.834. The second-order valence-electron chi connectivity index (χ2n) is 2.37. The van der Waals surface area contributed by atoms with Gasteiger partial charge in [-0.25, -0.2) is 4.79 Å². The number of benzene rings is 1. The quantitative estimate of drug-likeness (QED) is 0.518. The molecular weight excluding hydrogens is 164 g/mol. The predicted molar refractivity (Wildman–Crippen MR) is 50.4 cm³/mol. The molecule has 0 saturated carbocycles.